The summed E-state index contributed by atoms with van der Waals surface area (Å²) in [5.74, 6) is 0.813. The van der Waals surface area contributed by atoms with Crippen molar-refractivity contribution in [3.8, 4) is 5.75 Å². The summed E-state index contributed by atoms with van der Waals surface area (Å²) in [5, 5.41) is 23.2. The zero-order valence-electron chi connectivity index (χ0n) is 30.0. The van der Waals surface area contributed by atoms with Gasteiger partial charge < -0.3 is 30.9 Å². The van der Waals surface area contributed by atoms with E-state index in [0.29, 0.717) is 43.0 Å². The average molecular weight is 709 g/mol. The molecular formula is C38H56N6O5S. The Balaban J connectivity index is 0.929. The summed E-state index contributed by atoms with van der Waals surface area (Å²) in [7, 11) is 1.96. The van der Waals surface area contributed by atoms with Crippen LogP contribution in [0.5, 0.6) is 5.75 Å². The fourth-order valence-corrected chi connectivity index (χ4v) is 8.60. The first-order valence-electron chi connectivity index (χ1n) is 18.6. The van der Waals surface area contributed by atoms with E-state index in [0.717, 1.165) is 105 Å². The summed E-state index contributed by atoms with van der Waals surface area (Å²) in [6, 6.07) is 3.85. The lowest BCUT2D eigenvalue weighted by Gasteiger charge is -2.34. The molecule has 1 aromatic heterocycles. The molecule has 1 saturated heterocycles. The van der Waals surface area contributed by atoms with Crippen LogP contribution in [0.2, 0.25) is 0 Å². The molecule has 12 heteroatoms. The van der Waals surface area contributed by atoms with Crippen LogP contribution in [0, 0.1) is 17.8 Å². The molecule has 0 unspecified atom stereocenters. The number of phenols is 1. The number of imide groups is 1. The second kappa shape index (κ2) is 18.1. The van der Waals surface area contributed by atoms with Crippen molar-refractivity contribution in [1.82, 2.24) is 25.8 Å². The molecule has 0 spiro atoms. The van der Waals surface area contributed by atoms with E-state index in [9.17, 15) is 24.3 Å². The van der Waals surface area contributed by atoms with Crippen LogP contribution in [-0.4, -0.2) is 83.6 Å². The van der Waals surface area contributed by atoms with Crippen molar-refractivity contribution in [3.05, 3.63) is 29.8 Å². The number of aromatic nitrogens is 1. The van der Waals surface area contributed by atoms with Gasteiger partial charge in [-0.1, -0.05) is 20.3 Å². The monoisotopic (exact) mass is 708 g/mol. The SMILES string of the molecule is CNCc1c(SC(C)C)[nH]c2c(N3CCC(CCNC(=O)CCCCCNC(=O)C4CCC(CN5C(=O)C=CC5=O)CC4)CC3)c(O)ccc12. The molecule has 50 heavy (non-hydrogen) atoms. The second-order valence-corrected chi connectivity index (χ2v) is 16.1. The third kappa shape index (κ3) is 9.84. The number of carbonyl (C=O) groups excluding carboxylic acids is 4. The van der Waals surface area contributed by atoms with Crippen molar-refractivity contribution >= 4 is 52.0 Å². The van der Waals surface area contributed by atoms with Gasteiger partial charge in [-0.25, -0.2) is 0 Å². The van der Waals surface area contributed by atoms with Gasteiger partial charge in [-0.05, 0) is 88.8 Å². The number of nitrogens with zero attached hydrogens (tertiary/aromatic N) is 2. The maximum absolute atomic E-state index is 12.6. The first-order valence-corrected chi connectivity index (χ1v) is 19.5. The number of piperidine rings is 1. The zero-order valence-corrected chi connectivity index (χ0v) is 30.8. The molecule has 11 nitrogen and oxygen atoms in total. The van der Waals surface area contributed by atoms with Gasteiger partial charge in [0.25, 0.3) is 11.8 Å². The van der Waals surface area contributed by atoms with Crippen molar-refractivity contribution in [2.75, 3.05) is 44.7 Å². The number of hydrogen-bond donors (Lipinski definition) is 5. The number of unbranched alkanes of at least 4 members (excludes halogenated alkanes) is 2. The highest BCUT2D eigenvalue weighted by atomic mass is 32.2. The second-order valence-electron chi connectivity index (χ2n) is 14.5. The van der Waals surface area contributed by atoms with Gasteiger partial charge in [0, 0.05) is 80.0 Å². The van der Waals surface area contributed by atoms with E-state index in [-0.39, 0.29) is 35.5 Å². The Hall–Kier alpha value is -3.51. The lowest BCUT2D eigenvalue weighted by molar-refractivity contribution is -0.138. The molecule has 1 saturated carbocycles. The predicted molar refractivity (Wildman–Crippen MR) is 199 cm³/mol. The molecule has 0 bridgehead atoms. The van der Waals surface area contributed by atoms with Crippen LogP contribution in [0.25, 0.3) is 10.9 Å². The van der Waals surface area contributed by atoms with Crippen LogP contribution in [0.15, 0.2) is 29.3 Å². The largest absolute Gasteiger partial charge is 0.506 e. The van der Waals surface area contributed by atoms with E-state index >= 15 is 0 Å². The third-order valence-corrected chi connectivity index (χ3v) is 11.5. The fraction of sp³-hybridized carbons (Fsp3) is 0.632. The number of rotatable bonds is 17. The molecule has 5 N–H and O–H groups in total. The van der Waals surface area contributed by atoms with Gasteiger partial charge in [-0.3, -0.25) is 24.1 Å². The van der Waals surface area contributed by atoms with Gasteiger partial charge in [0.2, 0.25) is 11.8 Å². The summed E-state index contributed by atoms with van der Waals surface area (Å²) in [6.45, 7) is 8.64. The summed E-state index contributed by atoms with van der Waals surface area (Å²) in [5.41, 5.74) is 3.16. The van der Waals surface area contributed by atoms with Crippen molar-refractivity contribution in [3.63, 3.8) is 0 Å². The minimum absolute atomic E-state index is 0.00800. The minimum atomic E-state index is -0.237. The van der Waals surface area contributed by atoms with E-state index in [4.69, 9.17) is 0 Å². The lowest BCUT2D eigenvalue weighted by atomic mass is 9.81. The Morgan fingerprint density at radius 3 is 2.34 bits per heavy atom. The van der Waals surface area contributed by atoms with Crippen molar-refractivity contribution in [1.29, 1.82) is 0 Å². The van der Waals surface area contributed by atoms with Crippen LogP contribution >= 0.6 is 11.8 Å². The van der Waals surface area contributed by atoms with E-state index in [1.165, 1.54) is 22.6 Å². The third-order valence-electron chi connectivity index (χ3n) is 10.4. The van der Waals surface area contributed by atoms with Crippen LogP contribution in [-0.2, 0) is 25.7 Å². The number of H-pyrrole nitrogens is 1. The fourth-order valence-electron chi connectivity index (χ4n) is 7.65. The Kier molecular flexibility index (Phi) is 13.7. The molecule has 0 atom stereocenters. The molecule has 2 aliphatic heterocycles. The highest BCUT2D eigenvalue weighted by Crippen LogP contribution is 2.42. The van der Waals surface area contributed by atoms with Crippen LogP contribution < -0.4 is 20.9 Å². The zero-order chi connectivity index (χ0) is 35.6. The Morgan fingerprint density at radius 1 is 0.940 bits per heavy atom. The van der Waals surface area contributed by atoms with Crippen LogP contribution in [0.4, 0.5) is 5.69 Å². The smallest absolute Gasteiger partial charge is 0.253 e. The number of fused-ring (bicyclic) bond motifs is 1. The molecule has 4 amide bonds. The summed E-state index contributed by atoms with van der Waals surface area (Å²) in [6.07, 6.45) is 11.9. The lowest BCUT2D eigenvalue weighted by Crippen LogP contribution is -2.38. The molecule has 1 aliphatic carbocycles. The Morgan fingerprint density at radius 2 is 1.66 bits per heavy atom. The highest BCUT2D eigenvalue weighted by Gasteiger charge is 2.31. The number of nitrogens with one attached hydrogen (secondary N) is 4. The Labute approximate surface area is 300 Å². The number of hydrogen-bond acceptors (Lipinski definition) is 8. The van der Waals surface area contributed by atoms with Crippen molar-refractivity contribution in [2.24, 2.45) is 17.8 Å². The maximum Gasteiger partial charge on any atom is 0.253 e. The van der Waals surface area contributed by atoms with Gasteiger partial charge >= 0.3 is 0 Å². The molecule has 3 aliphatic rings. The topological polar surface area (TPSA) is 147 Å². The maximum atomic E-state index is 12.6. The van der Waals surface area contributed by atoms with Gasteiger partial charge in [-0.15, -0.1) is 11.8 Å². The van der Waals surface area contributed by atoms with Gasteiger partial charge in [0.15, 0.2) is 0 Å². The molecule has 274 valence electrons. The summed E-state index contributed by atoms with van der Waals surface area (Å²) < 4.78 is 0. The summed E-state index contributed by atoms with van der Waals surface area (Å²) >= 11 is 1.82. The van der Waals surface area contributed by atoms with Gasteiger partial charge in [-0.2, -0.15) is 0 Å². The predicted octanol–water partition coefficient (Wildman–Crippen LogP) is 5.22. The number of carbonyl (C=O) groups is 4. The van der Waals surface area contributed by atoms with E-state index in [1.54, 1.807) is 0 Å². The highest BCUT2D eigenvalue weighted by molar-refractivity contribution is 7.99. The molecule has 2 fully saturated rings. The number of aromatic hydroxyl groups is 1. The summed E-state index contributed by atoms with van der Waals surface area (Å²) in [4.78, 5) is 56.0. The van der Waals surface area contributed by atoms with Crippen LogP contribution in [0.3, 0.4) is 0 Å². The number of aromatic amines is 1. The van der Waals surface area contributed by atoms with E-state index in [2.05, 4.69) is 39.7 Å². The minimum Gasteiger partial charge on any atom is -0.506 e. The first-order chi connectivity index (χ1) is 24.1. The molecule has 5 rings (SSSR count). The van der Waals surface area contributed by atoms with Crippen molar-refractivity contribution < 1.29 is 24.3 Å². The number of benzene rings is 1. The van der Waals surface area contributed by atoms with E-state index in [1.807, 2.05) is 30.9 Å². The number of thioether (sulfide) groups is 1. The first kappa shape index (κ1) is 37.7. The molecule has 3 heterocycles. The normalized spacial score (nSPS) is 20.0. The average Bonchev–Trinajstić information content (AvgIpc) is 3.60. The number of phenolic OH excluding ortho intramolecular Hbond substituents is 1. The van der Waals surface area contributed by atoms with E-state index < -0.39 is 0 Å². The van der Waals surface area contributed by atoms with Gasteiger partial charge in [0.1, 0.15) is 11.4 Å². The standard InChI is InChI=1S/C38H56N6O5S/c1-25(2)50-38-30(23-39-3)29-12-13-31(45)36(35(29)42-38)43-21-17-26(18-22-43)16-20-40-32(46)7-5-4-6-19-41-37(49)28-10-8-27(9-11-28)24-44-33(47)14-15-34(44)48/h12-15,25-28,39,42,45H,4-11,16-24H2,1-3H3,(H,40,46)(H,41,49). The molecule has 2 aromatic rings. The molecule has 0 radical (unpaired) electrons. The van der Waals surface area contributed by atoms with Gasteiger partial charge in [0.05, 0.1) is 10.5 Å². The number of amides is 4. The number of anilines is 1. The van der Waals surface area contributed by atoms with Crippen molar-refractivity contribution in [2.45, 2.75) is 101 Å². The van der Waals surface area contributed by atoms with Crippen LogP contribution in [0.1, 0.15) is 90.0 Å². The quantitative estimate of drug-likeness (QED) is 0.0854. The molecule has 1 aromatic carbocycles. The molecular weight excluding hydrogens is 653 g/mol. The Bertz CT molecular complexity index is 1510.